The van der Waals surface area contributed by atoms with Crippen molar-refractivity contribution >= 4 is 11.9 Å². The minimum Gasteiger partial charge on any atom is -0.342 e. The van der Waals surface area contributed by atoms with Crippen LogP contribution in [0.3, 0.4) is 0 Å². The Hall–Kier alpha value is -2.55. The van der Waals surface area contributed by atoms with Gasteiger partial charge in [0.25, 0.3) is 0 Å². The number of hydrogen-bond acceptors (Lipinski definition) is 3. The number of amides is 3. The lowest BCUT2D eigenvalue weighted by molar-refractivity contribution is -0.138. The van der Waals surface area contributed by atoms with E-state index in [-0.39, 0.29) is 18.0 Å². The van der Waals surface area contributed by atoms with Gasteiger partial charge in [0.05, 0.1) is 11.6 Å². The molecule has 6 nitrogen and oxygen atoms in total. The van der Waals surface area contributed by atoms with E-state index in [2.05, 4.69) is 11.4 Å². The Labute approximate surface area is 130 Å². The highest BCUT2D eigenvalue weighted by Gasteiger charge is 2.34. The number of rotatable bonds is 3. The van der Waals surface area contributed by atoms with Crippen molar-refractivity contribution < 1.29 is 9.59 Å². The van der Waals surface area contributed by atoms with E-state index in [0.29, 0.717) is 31.6 Å². The summed E-state index contributed by atoms with van der Waals surface area (Å²) in [5, 5.41) is 11.6. The third kappa shape index (κ3) is 3.37. The summed E-state index contributed by atoms with van der Waals surface area (Å²) in [6, 6.07) is 8.50. The van der Waals surface area contributed by atoms with Gasteiger partial charge in [-0.1, -0.05) is 19.1 Å². The van der Waals surface area contributed by atoms with E-state index in [1.165, 1.54) is 0 Å². The fraction of sp³-hybridized carbons (Fsp3) is 0.438. The summed E-state index contributed by atoms with van der Waals surface area (Å²) in [7, 11) is 1.76. The Bertz CT molecular complexity index is 591. The Morgan fingerprint density at radius 3 is 2.64 bits per heavy atom. The molecule has 1 aliphatic rings. The average Bonchev–Trinajstić information content (AvgIpc) is 2.55. The van der Waals surface area contributed by atoms with Gasteiger partial charge in [-0.2, -0.15) is 5.26 Å². The summed E-state index contributed by atoms with van der Waals surface area (Å²) in [6.45, 7) is 3.38. The Kier molecular flexibility index (Phi) is 4.99. The predicted octanol–water partition coefficient (Wildman–Crippen LogP) is 1.32. The highest BCUT2D eigenvalue weighted by molar-refractivity contribution is 5.88. The molecule has 0 aliphatic carbocycles. The minimum absolute atomic E-state index is 0.0118. The van der Waals surface area contributed by atoms with Crippen molar-refractivity contribution in [2.45, 2.75) is 25.9 Å². The van der Waals surface area contributed by atoms with Crippen LogP contribution in [-0.4, -0.2) is 47.9 Å². The molecular formula is C16H20N4O2. The van der Waals surface area contributed by atoms with Gasteiger partial charge in [0.15, 0.2) is 0 Å². The van der Waals surface area contributed by atoms with Crippen LogP contribution in [0.15, 0.2) is 24.3 Å². The first-order valence-electron chi connectivity index (χ1n) is 7.35. The molecule has 0 unspecified atom stereocenters. The van der Waals surface area contributed by atoms with Gasteiger partial charge in [-0.05, 0) is 24.1 Å². The van der Waals surface area contributed by atoms with Gasteiger partial charge in [0.2, 0.25) is 5.91 Å². The molecule has 0 saturated carbocycles. The zero-order valence-corrected chi connectivity index (χ0v) is 12.9. The lowest BCUT2D eigenvalue weighted by atomic mass is 10.1. The van der Waals surface area contributed by atoms with Crippen LogP contribution >= 0.6 is 0 Å². The van der Waals surface area contributed by atoms with Crippen molar-refractivity contribution in [2.75, 3.05) is 20.1 Å². The predicted molar refractivity (Wildman–Crippen MR) is 81.8 cm³/mol. The topological polar surface area (TPSA) is 76.4 Å². The van der Waals surface area contributed by atoms with Crippen LogP contribution in [0, 0.1) is 11.3 Å². The maximum atomic E-state index is 12.3. The van der Waals surface area contributed by atoms with Crippen LogP contribution in [0.2, 0.25) is 0 Å². The van der Waals surface area contributed by atoms with Gasteiger partial charge in [-0.3, -0.25) is 4.79 Å². The maximum absolute atomic E-state index is 12.3. The van der Waals surface area contributed by atoms with Gasteiger partial charge in [0.1, 0.15) is 6.04 Å². The van der Waals surface area contributed by atoms with E-state index >= 15 is 0 Å². The standard InChI is InChI=1S/C16H20N4O2/c1-3-14-15(21)19(2)8-9-20(14)16(22)18-11-13-6-4-12(10-17)5-7-13/h4-7,14H,3,8-9,11H2,1-2H3,(H,18,22)/t14-/m1/s1. The van der Waals surface area contributed by atoms with Crippen molar-refractivity contribution in [1.82, 2.24) is 15.1 Å². The second-order valence-corrected chi connectivity index (χ2v) is 5.34. The number of piperazine rings is 1. The number of nitriles is 1. The first kappa shape index (κ1) is 15.8. The highest BCUT2D eigenvalue weighted by Crippen LogP contribution is 2.13. The van der Waals surface area contributed by atoms with E-state index in [0.717, 1.165) is 5.56 Å². The molecule has 1 N–H and O–H groups in total. The fourth-order valence-electron chi connectivity index (χ4n) is 2.53. The van der Waals surface area contributed by atoms with Crippen molar-refractivity contribution in [3.8, 4) is 6.07 Å². The Morgan fingerprint density at radius 2 is 2.05 bits per heavy atom. The number of urea groups is 1. The molecule has 116 valence electrons. The molecule has 1 aromatic carbocycles. The summed E-state index contributed by atoms with van der Waals surface area (Å²) in [5.74, 6) is -0.0118. The number of benzene rings is 1. The Morgan fingerprint density at radius 1 is 1.36 bits per heavy atom. The monoisotopic (exact) mass is 300 g/mol. The third-order valence-electron chi connectivity index (χ3n) is 3.89. The normalized spacial score (nSPS) is 18.0. The SMILES string of the molecule is CC[C@@H]1C(=O)N(C)CCN1C(=O)NCc1ccc(C#N)cc1. The molecule has 0 spiro atoms. The molecule has 0 radical (unpaired) electrons. The number of nitrogens with one attached hydrogen (secondary N) is 1. The molecule has 0 bridgehead atoms. The molecule has 1 saturated heterocycles. The number of carbonyl (C=O) groups is 2. The van der Waals surface area contributed by atoms with Gasteiger partial charge >= 0.3 is 6.03 Å². The largest absolute Gasteiger partial charge is 0.342 e. The van der Waals surface area contributed by atoms with Crippen LogP contribution < -0.4 is 5.32 Å². The van der Waals surface area contributed by atoms with E-state index in [9.17, 15) is 9.59 Å². The summed E-state index contributed by atoms with van der Waals surface area (Å²) < 4.78 is 0. The summed E-state index contributed by atoms with van der Waals surface area (Å²) in [4.78, 5) is 27.7. The molecule has 1 atom stereocenters. The molecule has 0 aromatic heterocycles. The number of nitrogens with zero attached hydrogens (tertiary/aromatic N) is 3. The molecule has 1 aromatic rings. The number of likely N-dealkylation sites (N-methyl/N-ethyl adjacent to an activating group) is 1. The molecule has 6 heteroatoms. The van der Waals surface area contributed by atoms with E-state index in [1.807, 2.05) is 19.1 Å². The second-order valence-electron chi connectivity index (χ2n) is 5.34. The molecule has 1 heterocycles. The third-order valence-corrected chi connectivity index (χ3v) is 3.89. The molecule has 1 aliphatic heterocycles. The van der Waals surface area contributed by atoms with E-state index in [4.69, 9.17) is 5.26 Å². The molecule has 2 rings (SSSR count). The molecule has 22 heavy (non-hydrogen) atoms. The quantitative estimate of drug-likeness (QED) is 0.914. The summed E-state index contributed by atoms with van der Waals surface area (Å²) >= 11 is 0. The van der Waals surface area contributed by atoms with Crippen LogP contribution in [0.25, 0.3) is 0 Å². The average molecular weight is 300 g/mol. The zero-order valence-electron chi connectivity index (χ0n) is 12.9. The van der Waals surface area contributed by atoms with Crippen LogP contribution in [-0.2, 0) is 11.3 Å². The zero-order chi connectivity index (χ0) is 16.1. The minimum atomic E-state index is -0.389. The molecular weight excluding hydrogens is 280 g/mol. The van der Waals surface area contributed by atoms with Gasteiger partial charge in [0, 0.05) is 26.7 Å². The smallest absolute Gasteiger partial charge is 0.318 e. The van der Waals surface area contributed by atoms with Crippen LogP contribution in [0.5, 0.6) is 0 Å². The number of hydrogen-bond donors (Lipinski definition) is 1. The maximum Gasteiger partial charge on any atom is 0.318 e. The summed E-state index contributed by atoms with van der Waals surface area (Å²) in [5.41, 5.74) is 1.51. The fourth-order valence-corrected chi connectivity index (χ4v) is 2.53. The first-order valence-corrected chi connectivity index (χ1v) is 7.35. The molecule has 1 fully saturated rings. The molecule has 3 amide bonds. The van der Waals surface area contributed by atoms with Crippen LogP contribution in [0.1, 0.15) is 24.5 Å². The highest BCUT2D eigenvalue weighted by atomic mass is 16.2. The van der Waals surface area contributed by atoms with E-state index in [1.54, 1.807) is 29.0 Å². The van der Waals surface area contributed by atoms with Gasteiger partial charge < -0.3 is 15.1 Å². The first-order chi connectivity index (χ1) is 10.6. The van der Waals surface area contributed by atoms with Crippen molar-refractivity contribution in [3.63, 3.8) is 0 Å². The van der Waals surface area contributed by atoms with Crippen molar-refractivity contribution in [2.24, 2.45) is 0 Å². The van der Waals surface area contributed by atoms with Crippen LogP contribution in [0.4, 0.5) is 4.79 Å². The number of carbonyl (C=O) groups excluding carboxylic acids is 2. The lowest BCUT2D eigenvalue weighted by Gasteiger charge is -2.38. The lowest BCUT2D eigenvalue weighted by Crippen LogP contribution is -2.59. The van der Waals surface area contributed by atoms with Crippen molar-refractivity contribution in [3.05, 3.63) is 35.4 Å². The van der Waals surface area contributed by atoms with Gasteiger partial charge in [-0.25, -0.2) is 4.79 Å². The second kappa shape index (κ2) is 6.94. The Balaban J connectivity index is 1.96. The van der Waals surface area contributed by atoms with Crippen molar-refractivity contribution in [1.29, 1.82) is 5.26 Å². The summed E-state index contributed by atoms with van der Waals surface area (Å²) in [6.07, 6.45) is 0.605. The van der Waals surface area contributed by atoms with E-state index < -0.39 is 0 Å². The van der Waals surface area contributed by atoms with Gasteiger partial charge in [-0.15, -0.1) is 0 Å².